The number of nitrogens with zero attached hydrogens (tertiary/aromatic N) is 2. The zero-order valence-corrected chi connectivity index (χ0v) is 12.4. The third-order valence-corrected chi connectivity index (χ3v) is 4.28. The van der Waals surface area contributed by atoms with E-state index < -0.39 is 0 Å². The highest BCUT2D eigenvalue weighted by atomic mass is 35.5. The van der Waals surface area contributed by atoms with Gasteiger partial charge in [-0.15, -0.1) is 23.7 Å². The molecule has 17 heavy (non-hydrogen) atoms. The first-order valence-corrected chi connectivity index (χ1v) is 6.81. The zero-order valence-electron chi connectivity index (χ0n) is 10.8. The minimum atomic E-state index is 0. The summed E-state index contributed by atoms with van der Waals surface area (Å²) in [5.41, 5.74) is 0. The van der Waals surface area contributed by atoms with Gasteiger partial charge in [-0.25, -0.2) is 4.98 Å². The van der Waals surface area contributed by atoms with Crippen LogP contribution in [0.15, 0.2) is 6.20 Å². The number of rotatable bonds is 6. The number of halogens is 1. The molecule has 5 heteroatoms. The molecule has 0 saturated heterocycles. The first-order valence-electron chi connectivity index (χ1n) is 5.99. The van der Waals surface area contributed by atoms with Crippen LogP contribution >= 0.6 is 23.7 Å². The van der Waals surface area contributed by atoms with Crippen LogP contribution in [0.3, 0.4) is 0 Å². The fraction of sp³-hybridized carbons (Fsp3) is 0.750. The number of hydrogen-bond acceptors (Lipinski definition) is 4. The predicted octanol–water partition coefficient (Wildman–Crippen LogP) is 2.77. The van der Waals surface area contributed by atoms with E-state index in [9.17, 15) is 0 Å². The van der Waals surface area contributed by atoms with Crippen molar-refractivity contribution in [1.82, 2.24) is 10.3 Å². The summed E-state index contributed by atoms with van der Waals surface area (Å²) in [6.07, 6.45) is 4.86. The lowest BCUT2D eigenvalue weighted by atomic mass is 10.1. The Balaban J connectivity index is 0.00000144. The van der Waals surface area contributed by atoms with Gasteiger partial charge in [0.05, 0.1) is 0 Å². The molecule has 1 aliphatic carbocycles. The number of anilines is 1. The second-order valence-electron chi connectivity index (χ2n) is 4.95. The Morgan fingerprint density at radius 2 is 2.24 bits per heavy atom. The number of thiazole rings is 1. The maximum atomic E-state index is 4.37. The van der Waals surface area contributed by atoms with Gasteiger partial charge in [0.25, 0.3) is 0 Å². The van der Waals surface area contributed by atoms with E-state index in [0.717, 1.165) is 30.1 Å². The Labute approximate surface area is 114 Å². The van der Waals surface area contributed by atoms with E-state index in [0.29, 0.717) is 0 Å². The monoisotopic (exact) mass is 275 g/mol. The Bertz CT molecular complexity index is 336. The fourth-order valence-electron chi connectivity index (χ4n) is 1.84. The smallest absolute Gasteiger partial charge is 0.185 e. The normalized spacial score (nSPS) is 16.4. The number of hydrogen-bond donors (Lipinski definition) is 1. The summed E-state index contributed by atoms with van der Waals surface area (Å²) in [5, 5.41) is 4.62. The van der Waals surface area contributed by atoms with Gasteiger partial charge in [0, 0.05) is 31.7 Å². The average molecular weight is 276 g/mol. The minimum absolute atomic E-state index is 0. The van der Waals surface area contributed by atoms with Crippen LogP contribution in [0.25, 0.3) is 0 Å². The van der Waals surface area contributed by atoms with Gasteiger partial charge in [0.1, 0.15) is 0 Å². The van der Waals surface area contributed by atoms with E-state index in [1.807, 2.05) is 20.3 Å². The molecule has 1 N–H and O–H groups in total. The second kappa shape index (κ2) is 6.57. The first-order chi connectivity index (χ1) is 7.66. The molecule has 1 aromatic rings. The number of nitrogens with one attached hydrogen (secondary N) is 1. The Morgan fingerprint density at radius 3 is 2.76 bits per heavy atom. The van der Waals surface area contributed by atoms with Crippen molar-refractivity contribution in [3.8, 4) is 0 Å². The lowest BCUT2D eigenvalue weighted by Crippen LogP contribution is -2.21. The summed E-state index contributed by atoms with van der Waals surface area (Å²) in [6.45, 7) is 4.45. The van der Waals surface area contributed by atoms with Gasteiger partial charge in [0.15, 0.2) is 5.13 Å². The Hall–Kier alpha value is -0.320. The number of aromatic nitrogens is 1. The molecule has 0 radical (unpaired) electrons. The van der Waals surface area contributed by atoms with Crippen molar-refractivity contribution < 1.29 is 0 Å². The third kappa shape index (κ3) is 4.45. The van der Waals surface area contributed by atoms with Crippen LogP contribution in [-0.4, -0.2) is 25.6 Å². The molecule has 0 spiro atoms. The van der Waals surface area contributed by atoms with Crippen molar-refractivity contribution in [3.05, 3.63) is 11.1 Å². The predicted molar refractivity (Wildman–Crippen MR) is 77.3 cm³/mol. The van der Waals surface area contributed by atoms with Crippen molar-refractivity contribution in [2.45, 2.75) is 26.3 Å². The largest absolute Gasteiger partial charge is 0.354 e. The molecular weight excluding hydrogens is 254 g/mol. The molecule has 1 heterocycles. The summed E-state index contributed by atoms with van der Waals surface area (Å²) >= 11 is 1.77. The molecule has 1 saturated carbocycles. The summed E-state index contributed by atoms with van der Waals surface area (Å²) < 4.78 is 0. The molecule has 0 aliphatic heterocycles. The Kier molecular flexibility index (Phi) is 5.70. The standard InChI is InChI=1S/C12H21N3S.ClH/c1-9(10-4-5-10)6-13-7-11-8-14-12(16-11)15(2)3;/h8-10,13H,4-7H2,1-3H3;1H. The molecule has 2 rings (SSSR count). The van der Waals surface area contributed by atoms with Gasteiger partial charge in [-0.3, -0.25) is 0 Å². The van der Waals surface area contributed by atoms with Crippen molar-refractivity contribution in [3.63, 3.8) is 0 Å². The molecule has 0 aromatic carbocycles. The van der Waals surface area contributed by atoms with Crippen LogP contribution in [-0.2, 0) is 6.54 Å². The first kappa shape index (κ1) is 14.7. The SMILES string of the molecule is CC(CNCc1cnc(N(C)C)s1)C1CC1.Cl. The molecule has 1 atom stereocenters. The van der Waals surface area contributed by atoms with Gasteiger partial charge in [-0.2, -0.15) is 0 Å². The van der Waals surface area contributed by atoms with Crippen LogP contribution in [0.4, 0.5) is 5.13 Å². The zero-order chi connectivity index (χ0) is 11.5. The molecule has 3 nitrogen and oxygen atoms in total. The minimum Gasteiger partial charge on any atom is -0.354 e. The van der Waals surface area contributed by atoms with Crippen LogP contribution in [0.5, 0.6) is 0 Å². The molecule has 1 aliphatic rings. The van der Waals surface area contributed by atoms with Gasteiger partial charge in [-0.1, -0.05) is 6.92 Å². The summed E-state index contributed by atoms with van der Waals surface area (Å²) in [5.74, 6) is 1.83. The highest BCUT2D eigenvalue weighted by molar-refractivity contribution is 7.15. The topological polar surface area (TPSA) is 28.2 Å². The van der Waals surface area contributed by atoms with Crippen LogP contribution in [0.2, 0.25) is 0 Å². The maximum absolute atomic E-state index is 4.37. The van der Waals surface area contributed by atoms with E-state index in [4.69, 9.17) is 0 Å². The van der Waals surface area contributed by atoms with E-state index >= 15 is 0 Å². The van der Waals surface area contributed by atoms with E-state index in [-0.39, 0.29) is 12.4 Å². The highest BCUT2D eigenvalue weighted by Crippen LogP contribution is 2.36. The van der Waals surface area contributed by atoms with Crippen molar-refractivity contribution in [2.75, 3.05) is 25.5 Å². The van der Waals surface area contributed by atoms with Gasteiger partial charge in [-0.05, 0) is 31.2 Å². The lowest BCUT2D eigenvalue weighted by Gasteiger charge is -2.10. The van der Waals surface area contributed by atoms with Gasteiger partial charge in [0.2, 0.25) is 0 Å². The summed E-state index contributed by atoms with van der Waals surface area (Å²) in [4.78, 5) is 7.75. The Morgan fingerprint density at radius 1 is 1.53 bits per heavy atom. The third-order valence-electron chi connectivity index (χ3n) is 3.12. The van der Waals surface area contributed by atoms with Crippen molar-refractivity contribution in [2.24, 2.45) is 11.8 Å². The van der Waals surface area contributed by atoms with Gasteiger partial charge >= 0.3 is 0 Å². The fourth-order valence-corrected chi connectivity index (χ4v) is 2.64. The van der Waals surface area contributed by atoms with Crippen LogP contribution in [0.1, 0.15) is 24.6 Å². The summed E-state index contributed by atoms with van der Waals surface area (Å²) in [6, 6.07) is 0. The quantitative estimate of drug-likeness (QED) is 0.865. The molecule has 0 amide bonds. The van der Waals surface area contributed by atoms with E-state index in [1.54, 1.807) is 11.3 Å². The maximum Gasteiger partial charge on any atom is 0.185 e. The van der Waals surface area contributed by atoms with Crippen LogP contribution in [0, 0.1) is 11.8 Å². The van der Waals surface area contributed by atoms with Crippen molar-refractivity contribution in [1.29, 1.82) is 0 Å². The molecule has 98 valence electrons. The van der Waals surface area contributed by atoms with Crippen molar-refractivity contribution >= 4 is 28.9 Å². The summed E-state index contributed by atoms with van der Waals surface area (Å²) in [7, 11) is 4.07. The molecule has 0 bridgehead atoms. The molecule has 1 aromatic heterocycles. The van der Waals surface area contributed by atoms with Crippen LogP contribution < -0.4 is 10.2 Å². The molecular formula is C12H22ClN3S. The average Bonchev–Trinajstić information content (AvgIpc) is 2.98. The molecule has 1 fully saturated rings. The van der Waals surface area contributed by atoms with Gasteiger partial charge < -0.3 is 10.2 Å². The van der Waals surface area contributed by atoms with E-state index in [1.165, 1.54) is 17.7 Å². The second-order valence-corrected chi connectivity index (χ2v) is 6.04. The van der Waals surface area contributed by atoms with E-state index in [2.05, 4.69) is 22.1 Å². The molecule has 1 unspecified atom stereocenters. The highest BCUT2D eigenvalue weighted by Gasteiger charge is 2.27. The lowest BCUT2D eigenvalue weighted by molar-refractivity contribution is 0.462.